The van der Waals surface area contributed by atoms with E-state index in [2.05, 4.69) is 58.7 Å². The van der Waals surface area contributed by atoms with Crippen molar-refractivity contribution in [3.8, 4) is 16.9 Å². The molecule has 0 aromatic heterocycles. The highest BCUT2D eigenvalue weighted by molar-refractivity contribution is 6.67. The molecular weight excluding hydrogens is 954 g/mol. The van der Waals surface area contributed by atoms with Crippen molar-refractivity contribution in [2.24, 2.45) is 17.3 Å². The summed E-state index contributed by atoms with van der Waals surface area (Å²) in [4.78, 5) is 58.3. The molecule has 0 spiro atoms. The van der Waals surface area contributed by atoms with Crippen LogP contribution in [0.4, 0.5) is 10.5 Å². The number of fused-ring (bicyclic) bond motifs is 3. The lowest BCUT2D eigenvalue weighted by Gasteiger charge is -2.25. The molecule has 2 amide bonds. The van der Waals surface area contributed by atoms with Gasteiger partial charge >= 0.3 is 24.0 Å². The second kappa shape index (κ2) is 28.1. The number of carbonyl (C=O) groups excluding carboxylic acids is 4. The number of methoxy groups -OCH3 is 1. The van der Waals surface area contributed by atoms with Gasteiger partial charge in [-0.05, 0) is 97.0 Å². The van der Waals surface area contributed by atoms with Crippen LogP contribution >= 0.6 is 46.4 Å². The van der Waals surface area contributed by atoms with Crippen LogP contribution in [0.1, 0.15) is 83.4 Å². The van der Waals surface area contributed by atoms with Gasteiger partial charge in [-0.25, -0.2) is 9.59 Å². The number of esters is 2. The van der Waals surface area contributed by atoms with E-state index in [0.717, 1.165) is 35.1 Å². The first kappa shape index (κ1) is 56.8. The maximum atomic E-state index is 12.5. The average molecular weight is 1010 g/mol. The van der Waals surface area contributed by atoms with Gasteiger partial charge in [-0.15, -0.1) is 0 Å². The number of amides is 2. The number of hydrogen-bond donors (Lipinski definition) is 3. The van der Waals surface area contributed by atoms with Crippen LogP contribution in [0, 0.1) is 17.3 Å². The second-order valence-corrected chi connectivity index (χ2v) is 19.8. The van der Waals surface area contributed by atoms with Gasteiger partial charge in [-0.1, -0.05) is 164 Å². The van der Waals surface area contributed by atoms with E-state index in [1.807, 2.05) is 74.5 Å². The SMILES string of the molecule is CC(=O)OCC(Cl)(Cl)Cl.CC(C)CC(OC(=O)C(C)(C)CNC(=O)OCC1c2ccccc2-c2ccccc21)C(=O)O.COc1ccc(NC(=O)/C=C/CCC(C)/C=C/c2ccccc2)cc1Cl. The summed E-state index contributed by atoms with van der Waals surface area (Å²) in [6.45, 7) is 10.2. The Morgan fingerprint density at radius 2 is 1.44 bits per heavy atom. The lowest BCUT2D eigenvalue weighted by Crippen LogP contribution is -2.42. The number of benzene rings is 4. The quantitative estimate of drug-likeness (QED) is 0.0378. The molecule has 0 heterocycles. The van der Waals surface area contributed by atoms with Crippen molar-refractivity contribution in [1.29, 1.82) is 0 Å². The van der Waals surface area contributed by atoms with Crippen LogP contribution in [0.5, 0.6) is 5.75 Å². The Balaban J connectivity index is 0.000000311. The maximum Gasteiger partial charge on any atom is 0.407 e. The molecule has 0 aliphatic heterocycles. The van der Waals surface area contributed by atoms with E-state index in [-0.39, 0.29) is 43.9 Å². The third-order valence-electron chi connectivity index (χ3n) is 10.1. The Kier molecular flexibility index (Phi) is 23.5. The predicted molar refractivity (Wildman–Crippen MR) is 270 cm³/mol. The molecule has 0 bridgehead atoms. The molecule has 1 aliphatic rings. The van der Waals surface area contributed by atoms with Crippen molar-refractivity contribution in [1.82, 2.24) is 5.32 Å². The third-order valence-corrected chi connectivity index (χ3v) is 10.7. The van der Waals surface area contributed by atoms with E-state index in [9.17, 15) is 29.1 Å². The molecular formula is C52H60Cl4N2O10. The van der Waals surface area contributed by atoms with Crippen LogP contribution in [0.25, 0.3) is 17.2 Å². The highest BCUT2D eigenvalue weighted by Crippen LogP contribution is 2.44. The molecule has 366 valence electrons. The lowest BCUT2D eigenvalue weighted by atomic mass is 9.93. The Bertz CT molecular complexity index is 2300. The van der Waals surface area contributed by atoms with Crippen molar-refractivity contribution < 1.29 is 48.0 Å². The highest BCUT2D eigenvalue weighted by atomic mass is 35.6. The summed E-state index contributed by atoms with van der Waals surface area (Å²) in [5.41, 5.74) is 5.23. The van der Waals surface area contributed by atoms with Crippen LogP contribution in [0.3, 0.4) is 0 Å². The van der Waals surface area contributed by atoms with Gasteiger partial charge in [-0.2, -0.15) is 0 Å². The number of halogens is 4. The maximum absolute atomic E-state index is 12.5. The number of alkyl carbamates (subject to hydrolysis) is 1. The standard InChI is InChI=1S/C26H31NO6.C22H24ClNO2.C4H5Cl3O2/c1-16(2)13-22(23(28)29)33-24(30)26(3,4)15-27-25(31)32-14-21-19-11-7-5-9-17(19)18-10-6-8-12-20(18)21;1-17(12-13-18-9-4-3-5-10-18)8-6-7-11-22(25)24-19-14-15-21(26-2)20(23)16-19;1-3(8)9-2-4(5,6)7/h5-12,16,21-22H,13-15H2,1-4H3,(H,27,31)(H,28,29);3-5,7,9-17H,6,8H2,1-2H3,(H,24,25);2H2,1H3/b;11-7+,13-12+;. The number of carboxylic acid groups (broad SMARTS) is 1. The zero-order valence-corrected chi connectivity index (χ0v) is 42.3. The average Bonchev–Trinajstić information content (AvgIpc) is 3.61. The molecule has 68 heavy (non-hydrogen) atoms. The van der Waals surface area contributed by atoms with E-state index in [0.29, 0.717) is 22.4 Å². The Hall–Kier alpha value is -5.53. The summed E-state index contributed by atoms with van der Waals surface area (Å²) in [6.07, 6.45) is 7.98. The lowest BCUT2D eigenvalue weighted by molar-refractivity contribution is -0.171. The molecule has 0 saturated carbocycles. The fourth-order valence-corrected chi connectivity index (χ4v) is 6.95. The van der Waals surface area contributed by atoms with Crippen molar-refractivity contribution in [2.75, 3.05) is 32.2 Å². The van der Waals surface area contributed by atoms with Gasteiger partial charge in [0.2, 0.25) is 9.70 Å². The van der Waals surface area contributed by atoms with E-state index in [1.165, 1.54) is 12.5 Å². The summed E-state index contributed by atoms with van der Waals surface area (Å²) in [5.74, 6) is -1.47. The second-order valence-electron chi connectivity index (χ2n) is 16.9. The monoisotopic (exact) mass is 1010 g/mol. The minimum absolute atomic E-state index is 0.0451. The third kappa shape index (κ3) is 20.4. The van der Waals surface area contributed by atoms with Crippen molar-refractivity contribution >= 4 is 88.1 Å². The first-order chi connectivity index (χ1) is 32.1. The molecule has 16 heteroatoms. The van der Waals surface area contributed by atoms with Crippen molar-refractivity contribution in [3.05, 3.63) is 137 Å². The largest absolute Gasteiger partial charge is 0.495 e. The van der Waals surface area contributed by atoms with Crippen LogP contribution < -0.4 is 15.4 Å². The number of anilines is 1. The Morgan fingerprint density at radius 3 is 1.97 bits per heavy atom. The molecule has 4 aromatic rings. The Labute approximate surface area is 419 Å². The van der Waals surface area contributed by atoms with E-state index < -0.39 is 39.3 Å². The van der Waals surface area contributed by atoms with Crippen LogP contribution in [0.15, 0.2) is 115 Å². The van der Waals surface area contributed by atoms with Crippen molar-refractivity contribution in [2.45, 2.75) is 76.6 Å². The normalized spacial score (nSPS) is 12.9. The molecule has 4 aromatic carbocycles. The zero-order chi connectivity index (χ0) is 50.4. The molecule has 2 atom stereocenters. The van der Waals surface area contributed by atoms with Gasteiger partial charge in [-0.3, -0.25) is 14.4 Å². The van der Waals surface area contributed by atoms with Gasteiger partial charge in [0, 0.05) is 25.1 Å². The summed E-state index contributed by atoms with van der Waals surface area (Å²) in [7, 11) is 1.55. The van der Waals surface area contributed by atoms with Gasteiger partial charge < -0.3 is 34.7 Å². The van der Waals surface area contributed by atoms with Gasteiger partial charge in [0.1, 0.15) is 19.0 Å². The minimum atomic E-state index is -1.49. The van der Waals surface area contributed by atoms with Gasteiger partial charge in [0.25, 0.3) is 0 Å². The topological polar surface area (TPSA) is 167 Å². The van der Waals surface area contributed by atoms with Crippen LogP contribution in [-0.4, -0.2) is 71.8 Å². The molecule has 0 fully saturated rings. The molecule has 0 radical (unpaired) electrons. The van der Waals surface area contributed by atoms with Crippen LogP contribution in [0.2, 0.25) is 5.02 Å². The number of carbonyl (C=O) groups is 5. The minimum Gasteiger partial charge on any atom is -0.495 e. The fourth-order valence-electron chi connectivity index (χ4n) is 6.53. The molecule has 5 rings (SSSR count). The number of aliphatic carboxylic acids is 1. The molecule has 3 N–H and O–H groups in total. The van der Waals surface area contributed by atoms with E-state index in [1.54, 1.807) is 45.2 Å². The molecule has 1 aliphatic carbocycles. The number of ether oxygens (including phenoxy) is 4. The van der Waals surface area contributed by atoms with E-state index in [4.69, 9.17) is 60.6 Å². The fraction of sp³-hybridized carbons (Fsp3) is 0.365. The number of rotatable bonds is 18. The van der Waals surface area contributed by atoms with E-state index >= 15 is 0 Å². The number of alkyl halides is 3. The Morgan fingerprint density at radius 1 is 0.838 bits per heavy atom. The van der Waals surface area contributed by atoms with Gasteiger partial charge in [0.05, 0.1) is 17.5 Å². The van der Waals surface area contributed by atoms with Gasteiger partial charge in [0.15, 0.2) is 6.10 Å². The molecule has 2 unspecified atom stereocenters. The summed E-state index contributed by atoms with van der Waals surface area (Å²) >= 11 is 21.7. The summed E-state index contributed by atoms with van der Waals surface area (Å²) in [5, 5.41) is 15.2. The molecule has 0 saturated heterocycles. The summed E-state index contributed by atoms with van der Waals surface area (Å²) in [6, 6.07) is 31.5. The number of nitrogens with one attached hydrogen (secondary N) is 2. The number of allylic oxidation sites excluding steroid dienone is 2. The number of hydrogen-bond acceptors (Lipinski definition) is 9. The zero-order valence-electron chi connectivity index (χ0n) is 39.2. The number of carboxylic acids is 1. The van der Waals surface area contributed by atoms with Crippen LogP contribution in [-0.2, 0) is 33.4 Å². The first-order valence-electron chi connectivity index (χ1n) is 21.9. The molecule has 12 nitrogen and oxygen atoms in total. The highest BCUT2D eigenvalue weighted by Gasteiger charge is 2.35. The smallest absolute Gasteiger partial charge is 0.407 e. The predicted octanol–water partition coefficient (Wildman–Crippen LogP) is 12.5. The first-order valence-corrected chi connectivity index (χ1v) is 23.4. The summed E-state index contributed by atoms with van der Waals surface area (Å²) < 4.78 is 18.7. The van der Waals surface area contributed by atoms with Crippen molar-refractivity contribution in [3.63, 3.8) is 0 Å².